The Hall–Kier alpha value is -2.21. The van der Waals surface area contributed by atoms with Crippen molar-refractivity contribution in [1.29, 1.82) is 5.26 Å². The maximum atomic E-state index is 13.8. The molecule has 96 valence electrons. The van der Waals surface area contributed by atoms with Gasteiger partial charge in [-0.15, -0.1) is 0 Å². The van der Waals surface area contributed by atoms with Crippen molar-refractivity contribution in [1.82, 2.24) is 0 Å². The third kappa shape index (κ3) is 2.79. The van der Waals surface area contributed by atoms with Gasteiger partial charge in [-0.05, 0) is 37.1 Å². The fourth-order valence-electron chi connectivity index (χ4n) is 2.12. The lowest BCUT2D eigenvalue weighted by atomic mass is 9.78. The molecule has 1 nitrogen and oxygen atoms in total. The van der Waals surface area contributed by atoms with Gasteiger partial charge < -0.3 is 0 Å². The highest BCUT2D eigenvalue weighted by atomic mass is 19.1. The number of hydrogen-bond donors (Lipinski definition) is 0. The van der Waals surface area contributed by atoms with Crippen molar-refractivity contribution in [3.63, 3.8) is 0 Å². The van der Waals surface area contributed by atoms with Crippen LogP contribution in [0.1, 0.15) is 18.1 Å². The molecule has 0 aliphatic heterocycles. The molecule has 0 heterocycles. The lowest BCUT2D eigenvalue weighted by molar-refractivity contribution is 0.522. The monoisotopic (exact) mass is 257 g/mol. The molecule has 0 fully saturated rings. The fraction of sp³-hybridized carbons (Fsp3) is 0.188. The number of nitrogens with zero attached hydrogens (tertiary/aromatic N) is 1. The van der Waals surface area contributed by atoms with Gasteiger partial charge in [0.2, 0.25) is 0 Å². The van der Waals surface area contributed by atoms with E-state index < -0.39 is 17.0 Å². The van der Waals surface area contributed by atoms with Crippen LogP contribution in [0.15, 0.2) is 48.5 Å². The molecule has 0 aliphatic rings. The third-order valence-corrected chi connectivity index (χ3v) is 3.17. The van der Waals surface area contributed by atoms with E-state index in [1.807, 2.05) is 30.3 Å². The highest BCUT2D eigenvalue weighted by Crippen LogP contribution is 2.30. The van der Waals surface area contributed by atoms with Crippen molar-refractivity contribution in [2.75, 3.05) is 0 Å². The molecule has 1 atom stereocenters. The molecule has 0 spiro atoms. The topological polar surface area (TPSA) is 23.8 Å². The van der Waals surface area contributed by atoms with Crippen LogP contribution >= 0.6 is 0 Å². The second-order valence-electron chi connectivity index (χ2n) is 4.73. The van der Waals surface area contributed by atoms with Crippen molar-refractivity contribution in [3.8, 4) is 6.07 Å². The van der Waals surface area contributed by atoms with Crippen LogP contribution in [-0.4, -0.2) is 0 Å². The van der Waals surface area contributed by atoms with Gasteiger partial charge in [-0.1, -0.05) is 30.3 Å². The van der Waals surface area contributed by atoms with E-state index in [0.29, 0.717) is 6.42 Å². The molecule has 2 aromatic carbocycles. The predicted molar refractivity (Wildman–Crippen MR) is 69.5 cm³/mol. The summed E-state index contributed by atoms with van der Waals surface area (Å²) in [4.78, 5) is 0. The Balaban J connectivity index is 2.43. The van der Waals surface area contributed by atoms with Crippen LogP contribution < -0.4 is 0 Å². The van der Waals surface area contributed by atoms with Gasteiger partial charge >= 0.3 is 0 Å². The fourth-order valence-corrected chi connectivity index (χ4v) is 2.12. The summed E-state index contributed by atoms with van der Waals surface area (Å²) in [6.07, 6.45) is 0.338. The molecule has 0 aliphatic carbocycles. The number of benzene rings is 2. The first-order chi connectivity index (χ1) is 9.05. The van der Waals surface area contributed by atoms with Gasteiger partial charge in [0.15, 0.2) is 0 Å². The predicted octanol–water partition coefficient (Wildman–Crippen LogP) is 3.99. The summed E-state index contributed by atoms with van der Waals surface area (Å²) in [5, 5.41) is 9.38. The van der Waals surface area contributed by atoms with Gasteiger partial charge in [0.05, 0.1) is 11.5 Å². The van der Waals surface area contributed by atoms with E-state index in [1.54, 1.807) is 6.92 Å². The molecule has 0 N–H and O–H groups in total. The zero-order valence-corrected chi connectivity index (χ0v) is 10.5. The average Bonchev–Trinajstić information content (AvgIpc) is 2.42. The van der Waals surface area contributed by atoms with Crippen LogP contribution in [0.4, 0.5) is 8.78 Å². The molecule has 0 saturated heterocycles. The zero-order chi connectivity index (χ0) is 13.9. The molecule has 19 heavy (non-hydrogen) atoms. The Labute approximate surface area is 111 Å². The van der Waals surface area contributed by atoms with Gasteiger partial charge in [-0.25, -0.2) is 8.78 Å². The highest BCUT2D eigenvalue weighted by molar-refractivity contribution is 5.36. The van der Waals surface area contributed by atoms with Crippen molar-refractivity contribution in [3.05, 3.63) is 71.3 Å². The van der Waals surface area contributed by atoms with E-state index in [9.17, 15) is 14.0 Å². The summed E-state index contributed by atoms with van der Waals surface area (Å²) in [6, 6.07) is 14.6. The Bertz CT molecular complexity index is 616. The number of halogens is 2. The van der Waals surface area contributed by atoms with Crippen LogP contribution in [0.5, 0.6) is 0 Å². The van der Waals surface area contributed by atoms with Crippen LogP contribution in [0.25, 0.3) is 0 Å². The van der Waals surface area contributed by atoms with Crippen molar-refractivity contribution >= 4 is 0 Å². The van der Waals surface area contributed by atoms with Gasteiger partial charge in [-0.3, -0.25) is 0 Å². The van der Waals surface area contributed by atoms with E-state index >= 15 is 0 Å². The SMILES string of the molecule is CC(C#N)(Cc1ccccc1)c1cc(F)ccc1F. The van der Waals surface area contributed by atoms with Crippen LogP contribution in [0.3, 0.4) is 0 Å². The first-order valence-corrected chi connectivity index (χ1v) is 5.96. The van der Waals surface area contributed by atoms with Gasteiger partial charge in [0, 0.05) is 5.56 Å². The summed E-state index contributed by atoms with van der Waals surface area (Å²) in [6.45, 7) is 1.62. The average molecular weight is 257 g/mol. The van der Waals surface area contributed by atoms with Crippen molar-refractivity contribution in [2.45, 2.75) is 18.8 Å². The van der Waals surface area contributed by atoms with Crippen LogP contribution in [0.2, 0.25) is 0 Å². The number of rotatable bonds is 3. The molecule has 0 bridgehead atoms. The first kappa shape index (κ1) is 13.2. The summed E-state index contributed by atoms with van der Waals surface area (Å²) < 4.78 is 27.1. The Morgan fingerprint density at radius 2 is 1.79 bits per heavy atom. The molecule has 2 aromatic rings. The van der Waals surface area contributed by atoms with Crippen molar-refractivity contribution < 1.29 is 8.78 Å². The normalized spacial score (nSPS) is 13.6. The Morgan fingerprint density at radius 1 is 1.11 bits per heavy atom. The maximum Gasteiger partial charge on any atom is 0.128 e. The Morgan fingerprint density at radius 3 is 2.42 bits per heavy atom. The molecule has 0 amide bonds. The Kier molecular flexibility index (Phi) is 3.62. The van der Waals surface area contributed by atoms with E-state index in [0.717, 1.165) is 23.8 Å². The molecule has 3 heteroatoms. The summed E-state index contributed by atoms with van der Waals surface area (Å²) >= 11 is 0. The van der Waals surface area contributed by atoms with E-state index in [1.165, 1.54) is 0 Å². The lowest BCUT2D eigenvalue weighted by Gasteiger charge is -2.22. The quantitative estimate of drug-likeness (QED) is 0.815. The zero-order valence-electron chi connectivity index (χ0n) is 10.5. The smallest absolute Gasteiger partial charge is 0.128 e. The van der Waals surface area contributed by atoms with Crippen LogP contribution in [0, 0.1) is 23.0 Å². The van der Waals surface area contributed by atoms with Gasteiger partial charge in [0.1, 0.15) is 11.6 Å². The van der Waals surface area contributed by atoms with Gasteiger partial charge in [-0.2, -0.15) is 5.26 Å². The van der Waals surface area contributed by atoms with E-state index in [2.05, 4.69) is 6.07 Å². The number of nitriles is 1. The van der Waals surface area contributed by atoms with Crippen LogP contribution in [-0.2, 0) is 11.8 Å². The molecular formula is C16H13F2N. The maximum absolute atomic E-state index is 13.8. The summed E-state index contributed by atoms with van der Waals surface area (Å²) in [5.74, 6) is -1.09. The summed E-state index contributed by atoms with van der Waals surface area (Å²) in [5.41, 5.74) is -0.0814. The second-order valence-corrected chi connectivity index (χ2v) is 4.73. The standard InChI is InChI=1S/C16H13F2N/c1-16(11-19,10-12-5-3-2-4-6-12)14-9-13(17)7-8-15(14)18/h2-9H,10H2,1H3. The minimum absolute atomic E-state index is 0.0962. The molecule has 2 rings (SSSR count). The van der Waals surface area contributed by atoms with E-state index in [-0.39, 0.29) is 5.56 Å². The first-order valence-electron chi connectivity index (χ1n) is 5.96. The summed E-state index contributed by atoms with van der Waals surface area (Å²) in [7, 11) is 0. The largest absolute Gasteiger partial charge is 0.207 e. The molecular weight excluding hydrogens is 244 g/mol. The van der Waals surface area contributed by atoms with Crippen molar-refractivity contribution in [2.24, 2.45) is 0 Å². The second kappa shape index (κ2) is 5.19. The van der Waals surface area contributed by atoms with E-state index in [4.69, 9.17) is 0 Å². The molecule has 0 aromatic heterocycles. The van der Waals surface area contributed by atoms with Gasteiger partial charge in [0.25, 0.3) is 0 Å². The highest BCUT2D eigenvalue weighted by Gasteiger charge is 2.30. The lowest BCUT2D eigenvalue weighted by Crippen LogP contribution is -2.24. The molecule has 0 radical (unpaired) electrons. The number of hydrogen-bond acceptors (Lipinski definition) is 1. The third-order valence-electron chi connectivity index (χ3n) is 3.17. The molecule has 1 unspecified atom stereocenters. The molecule has 0 saturated carbocycles. The minimum Gasteiger partial charge on any atom is -0.207 e. The minimum atomic E-state index is -1.09.